The first-order chi connectivity index (χ1) is 7.65. The van der Waals surface area contributed by atoms with Gasteiger partial charge in [-0.15, -0.1) is 11.3 Å². The van der Waals surface area contributed by atoms with Gasteiger partial charge < -0.3 is 11.1 Å². The van der Waals surface area contributed by atoms with Crippen LogP contribution in [0.2, 0.25) is 0 Å². The normalized spacial score (nSPS) is 15.8. The molecule has 0 atom stereocenters. The summed E-state index contributed by atoms with van der Waals surface area (Å²) >= 11 is 1.77. The number of nitrogens with one attached hydrogen (secondary N) is 1. The van der Waals surface area contributed by atoms with Crippen LogP contribution in [0.15, 0.2) is 0 Å². The van der Waals surface area contributed by atoms with Crippen molar-refractivity contribution in [2.24, 2.45) is 5.73 Å². The Morgan fingerprint density at radius 1 is 1.69 bits per heavy atom. The zero-order chi connectivity index (χ0) is 11.5. The third-order valence-electron chi connectivity index (χ3n) is 2.64. The molecule has 0 saturated heterocycles. The van der Waals surface area contributed by atoms with E-state index in [1.54, 1.807) is 11.3 Å². The highest BCUT2D eigenvalue weighted by Gasteiger charge is 2.19. The second-order valence-electron chi connectivity index (χ2n) is 3.92. The predicted molar refractivity (Wildman–Crippen MR) is 63.4 cm³/mol. The number of primary amides is 1. The number of carbonyl (C=O) groups is 1. The minimum absolute atomic E-state index is 0.452. The van der Waals surface area contributed by atoms with E-state index in [0.29, 0.717) is 6.54 Å². The van der Waals surface area contributed by atoms with Crippen LogP contribution in [-0.2, 0) is 13.0 Å². The van der Waals surface area contributed by atoms with Gasteiger partial charge in [-0.05, 0) is 6.92 Å². The highest BCUT2D eigenvalue weighted by molar-refractivity contribution is 7.11. The van der Waals surface area contributed by atoms with Crippen molar-refractivity contribution in [3.63, 3.8) is 0 Å². The highest BCUT2D eigenvalue weighted by Crippen LogP contribution is 2.24. The monoisotopic (exact) mass is 240 g/mol. The van der Waals surface area contributed by atoms with Crippen LogP contribution in [0.5, 0.6) is 0 Å². The summed E-state index contributed by atoms with van der Waals surface area (Å²) in [5, 5.41) is 3.75. The van der Waals surface area contributed by atoms with Gasteiger partial charge in [0.05, 0.1) is 10.7 Å². The molecule has 0 radical (unpaired) electrons. The summed E-state index contributed by atoms with van der Waals surface area (Å²) in [5.41, 5.74) is 6.26. The van der Waals surface area contributed by atoms with E-state index in [1.165, 1.54) is 10.6 Å². The second kappa shape index (κ2) is 4.80. The first-order valence-electron chi connectivity index (χ1n) is 5.36. The van der Waals surface area contributed by atoms with Gasteiger partial charge in [-0.2, -0.15) is 0 Å². The van der Waals surface area contributed by atoms with Gasteiger partial charge in [-0.25, -0.2) is 9.78 Å². The second-order valence-corrected chi connectivity index (χ2v) is 5.21. The van der Waals surface area contributed by atoms with Crippen molar-refractivity contribution >= 4 is 17.4 Å². The number of nitrogens with two attached hydrogens (primary N) is 1. The van der Waals surface area contributed by atoms with Gasteiger partial charge >= 0.3 is 6.03 Å². The molecule has 0 bridgehead atoms. The number of aryl methyl sites for hydroxylation is 1. The lowest BCUT2D eigenvalue weighted by Gasteiger charge is -2.25. The van der Waals surface area contributed by atoms with Crippen molar-refractivity contribution in [1.82, 2.24) is 15.2 Å². The third kappa shape index (κ3) is 2.70. The van der Waals surface area contributed by atoms with Crippen molar-refractivity contribution < 1.29 is 4.79 Å². The van der Waals surface area contributed by atoms with Crippen molar-refractivity contribution in [1.29, 1.82) is 0 Å². The summed E-state index contributed by atoms with van der Waals surface area (Å²) in [4.78, 5) is 18.7. The molecule has 0 spiro atoms. The van der Waals surface area contributed by atoms with Crippen molar-refractivity contribution in [2.75, 3.05) is 19.6 Å². The third-order valence-corrected chi connectivity index (χ3v) is 3.64. The van der Waals surface area contributed by atoms with Crippen LogP contribution < -0.4 is 11.1 Å². The molecule has 0 fully saturated rings. The first kappa shape index (κ1) is 11.3. The number of hydrogen-bond acceptors (Lipinski definition) is 4. The Hall–Kier alpha value is -1.14. The van der Waals surface area contributed by atoms with E-state index in [1.807, 2.05) is 6.92 Å². The van der Waals surface area contributed by atoms with E-state index in [0.717, 1.165) is 31.1 Å². The van der Waals surface area contributed by atoms with E-state index in [-0.39, 0.29) is 0 Å². The molecule has 3 N–H and O–H groups in total. The largest absolute Gasteiger partial charge is 0.352 e. The fraction of sp³-hybridized carbons (Fsp3) is 0.600. The van der Waals surface area contributed by atoms with Crippen molar-refractivity contribution in [3.05, 3.63) is 15.6 Å². The molecule has 0 unspecified atom stereocenters. The molecular weight excluding hydrogens is 224 g/mol. The SMILES string of the molecule is Cc1nc2c(s1)CN(CCNC(N)=O)CC2. The number of hydrogen-bond donors (Lipinski definition) is 2. The van der Waals surface area contributed by atoms with Gasteiger partial charge in [0.25, 0.3) is 0 Å². The summed E-state index contributed by atoms with van der Waals surface area (Å²) in [5.74, 6) is 0. The molecule has 2 heterocycles. The first-order valence-corrected chi connectivity index (χ1v) is 6.17. The van der Waals surface area contributed by atoms with Crippen LogP contribution in [0.25, 0.3) is 0 Å². The summed E-state index contributed by atoms with van der Waals surface area (Å²) in [6, 6.07) is -0.452. The van der Waals surface area contributed by atoms with Gasteiger partial charge in [0, 0.05) is 37.5 Å². The Morgan fingerprint density at radius 3 is 3.25 bits per heavy atom. The Kier molecular flexibility index (Phi) is 3.40. The molecule has 5 nitrogen and oxygen atoms in total. The van der Waals surface area contributed by atoms with Crippen molar-refractivity contribution in [2.45, 2.75) is 19.9 Å². The number of fused-ring (bicyclic) bond motifs is 1. The molecule has 0 aliphatic carbocycles. The standard InChI is InChI=1S/C10H16N4OS/c1-7-13-8-2-4-14(6-9(8)16-7)5-3-12-10(11)15/h2-6H2,1H3,(H3,11,12,15). The lowest BCUT2D eigenvalue weighted by Crippen LogP contribution is -2.39. The number of nitrogens with zero attached hydrogens (tertiary/aromatic N) is 2. The number of rotatable bonds is 3. The van der Waals surface area contributed by atoms with Gasteiger partial charge in [0.2, 0.25) is 0 Å². The summed E-state index contributed by atoms with van der Waals surface area (Å²) in [6.45, 7) is 5.46. The molecule has 1 aromatic rings. The number of aromatic nitrogens is 1. The highest BCUT2D eigenvalue weighted by atomic mass is 32.1. The van der Waals surface area contributed by atoms with Gasteiger partial charge in [-0.3, -0.25) is 4.90 Å². The lowest BCUT2D eigenvalue weighted by molar-refractivity contribution is 0.237. The van der Waals surface area contributed by atoms with E-state index in [2.05, 4.69) is 15.2 Å². The molecule has 1 aromatic heterocycles. The van der Waals surface area contributed by atoms with Crippen LogP contribution in [0, 0.1) is 6.92 Å². The quantitative estimate of drug-likeness (QED) is 0.807. The van der Waals surface area contributed by atoms with Crippen LogP contribution in [0.4, 0.5) is 4.79 Å². The Morgan fingerprint density at radius 2 is 2.50 bits per heavy atom. The van der Waals surface area contributed by atoms with E-state index in [9.17, 15) is 4.79 Å². The number of urea groups is 1. The fourth-order valence-corrected chi connectivity index (χ4v) is 2.93. The Bertz CT molecular complexity index is 390. The fourth-order valence-electron chi connectivity index (χ4n) is 1.91. The minimum Gasteiger partial charge on any atom is -0.352 e. The minimum atomic E-state index is -0.452. The van der Waals surface area contributed by atoms with E-state index >= 15 is 0 Å². The van der Waals surface area contributed by atoms with Crippen LogP contribution in [0.3, 0.4) is 0 Å². The van der Waals surface area contributed by atoms with Gasteiger partial charge in [0.1, 0.15) is 0 Å². The Balaban J connectivity index is 1.85. The summed E-state index contributed by atoms with van der Waals surface area (Å²) < 4.78 is 0. The molecule has 88 valence electrons. The molecule has 2 amide bonds. The molecule has 6 heteroatoms. The molecule has 2 rings (SSSR count). The Labute approximate surface area is 98.7 Å². The molecule has 0 aromatic carbocycles. The maximum absolute atomic E-state index is 10.5. The topological polar surface area (TPSA) is 71.2 Å². The van der Waals surface area contributed by atoms with Crippen molar-refractivity contribution in [3.8, 4) is 0 Å². The van der Waals surface area contributed by atoms with Crippen LogP contribution in [-0.4, -0.2) is 35.5 Å². The number of amides is 2. The average molecular weight is 240 g/mol. The maximum atomic E-state index is 10.5. The predicted octanol–water partition coefficient (Wildman–Crippen LogP) is 0.478. The summed E-state index contributed by atoms with van der Waals surface area (Å²) in [7, 11) is 0. The number of thiazole rings is 1. The molecule has 0 saturated carbocycles. The van der Waals surface area contributed by atoms with Gasteiger partial charge in [0.15, 0.2) is 0 Å². The number of carbonyl (C=O) groups excluding carboxylic acids is 1. The zero-order valence-electron chi connectivity index (χ0n) is 9.32. The average Bonchev–Trinajstić information content (AvgIpc) is 2.56. The molecule has 16 heavy (non-hydrogen) atoms. The molecular formula is C10H16N4OS. The molecule has 1 aliphatic rings. The smallest absolute Gasteiger partial charge is 0.312 e. The summed E-state index contributed by atoms with van der Waals surface area (Å²) in [6.07, 6.45) is 1.01. The zero-order valence-corrected chi connectivity index (χ0v) is 10.1. The van der Waals surface area contributed by atoms with Crippen LogP contribution in [0.1, 0.15) is 15.6 Å². The van der Waals surface area contributed by atoms with Gasteiger partial charge in [-0.1, -0.05) is 0 Å². The lowest BCUT2D eigenvalue weighted by atomic mass is 10.2. The maximum Gasteiger partial charge on any atom is 0.312 e. The van der Waals surface area contributed by atoms with Crippen LogP contribution >= 0.6 is 11.3 Å². The molecule has 1 aliphatic heterocycles. The van der Waals surface area contributed by atoms with E-state index < -0.39 is 6.03 Å². The van der Waals surface area contributed by atoms with E-state index in [4.69, 9.17) is 5.73 Å².